The van der Waals surface area contributed by atoms with Crippen molar-refractivity contribution in [3.63, 3.8) is 0 Å². The maximum absolute atomic E-state index is 12.6. The molecule has 7 nitrogen and oxygen atoms in total. The average Bonchev–Trinajstić information content (AvgIpc) is 3.11. The van der Waals surface area contributed by atoms with Crippen LogP contribution >= 0.6 is 0 Å². The van der Waals surface area contributed by atoms with Crippen molar-refractivity contribution in [2.24, 2.45) is 0 Å². The molecule has 0 aliphatic carbocycles. The van der Waals surface area contributed by atoms with Gasteiger partial charge in [-0.15, -0.1) is 0 Å². The van der Waals surface area contributed by atoms with Gasteiger partial charge in [0.1, 0.15) is 0 Å². The van der Waals surface area contributed by atoms with Gasteiger partial charge < -0.3 is 0 Å². The number of carbonyl (C=O) groups is 2. The summed E-state index contributed by atoms with van der Waals surface area (Å²) in [6.45, 7) is 5.63. The monoisotopic (exact) mass is 908 g/mol. The van der Waals surface area contributed by atoms with Gasteiger partial charge in [0.25, 0.3) is 0 Å². The number of rotatable bonds is 42. The molecule has 0 aromatic carbocycles. The van der Waals surface area contributed by atoms with E-state index in [-0.39, 0.29) is 25.2 Å². The minimum absolute atomic E-state index is 0.0393. The molecule has 50 heavy (non-hydrogen) atoms. The van der Waals surface area contributed by atoms with Gasteiger partial charge in [-0.1, -0.05) is 174 Å². The molecule has 0 saturated heterocycles. The Bertz CT molecular complexity index is 693. The average molecular weight is 908 g/mol. The van der Waals surface area contributed by atoms with E-state index in [2.05, 4.69) is 13.8 Å². The van der Waals surface area contributed by atoms with Crippen molar-refractivity contribution < 1.29 is 29.3 Å². The van der Waals surface area contributed by atoms with E-state index in [0.717, 1.165) is 25.7 Å². The molecule has 8 heteroatoms. The van der Waals surface area contributed by atoms with E-state index >= 15 is 0 Å². The van der Waals surface area contributed by atoms with Crippen LogP contribution in [0.5, 0.6) is 0 Å². The third-order valence-corrected chi connectivity index (χ3v) is 11.0. The summed E-state index contributed by atoms with van der Waals surface area (Å²) in [4.78, 5) is 25.0. The Morgan fingerprint density at radius 2 is 0.820 bits per heavy atom. The fraction of sp³-hybridized carbons (Fsp3) is 0.952. The number of carbonyl (C=O) groups excluding carboxylic acids is 2. The first-order valence-electron chi connectivity index (χ1n) is 21.4. The summed E-state index contributed by atoms with van der Waals surface area (Å²) in [6.07, 6.45) is 39.0. The summed E-state index contributed by atoms with van der Waals surface area (Å²) < 4.78 is 27.3. The fourth-order valence-corrected chi connectivity index (χ4v) is 7.19. The summed E-state index contributed by atoms with van der Waals surface area (Å²) >= 11 is -1.18. The molecule has 0 aromatic rings. The summed E-state index contributed by atoms with van der Waals surface area (Å²) in [5.74, 6) is -0.463. The maximum atomic E-state index is 12.6. The first kappa shape index (κ1) is 49.7. The van der Waals surface area contributed by atoms with Crippen molar-refractivity contribution in [3.05, 3.63) is 0 Å². The molecule has 0 rings (SSSR count). The van der Waals surface area contributed by atoms with Crippen LogP contribution < -0.4 is 0 Å². The molecule has 0 heterocycles. The Kier molecular flexibility index (Phi) is 42.9. The predicted octanol–water partition coefficient (Wildman–Crippen LogP) is 12.2. The second-order valence-corrected chi connectivity index (χ2v) is 17.1. The second kappa shape index (κ2) is 43.1. The van der Waals surface area contributed by atoms with Gasteiger partial charge in [0.2, 0.25) is 0 Å². The van der Waals surface area contributed by atoms with Crippen LogP contribution in [0.1, 0.15) is 219 Å². The number of hydrogen-bond acceptors (Lipinski definition) is 7. The van der Waals surface area contributed by atoms with Crippen LogP contribution in [0.4, 0.5) is 0 Å². The number of esters is 2. The Hall–Kier alpha value is -0.284. The normalized spacial score (nSPS) is 12.0. The predicted molar refractivity (Wildman–Crippen MR) is 209 cm³/mol. The van der Waals surface area contributed by atoms with E-state index in [1.807, 2.05) is 0 Å². The van der Waals surface area contributed by atoms with Crippen molar-refractivity contribution in [2.75, 3.05) is 33.5 Å². The summed E-state index contributed by atoms with van der Waals surface area (Å²) in [5, 5.41) is 0. The van der Waals surface area contributed by atoms with Gasteiger partial charge in [-0.3, -0.25) is 0 Å². The third kappa shape index (κ3) is 40.5. The topological polar surface area (TPSA) is 80.3 Å². The summed E-state index contributed by atoms with van der Waals surface area (Å²) in [7, 11) is 1.65. The zero-order valence-electron chi connectivity index (χ0n) is 33.3. The minimum atomic E-state index is -1.18. The SMILES string of the molecule is CCCCCCCCCCCCCCCCCC(=O)OC[C@H](COCC[O][Po][O]C)OC(=O)CCCCCCCCCCCCCCCCC. The van der Waals surface area contributed by atoms with E-state index < -0.39 is 30.6 Å². The molecule has 298 valence electrons. The van der Waals surface area contributed by atoms with Crippen molar-refractivity contribution in [3.8, 4) is 0 Å². The molecule has 0 spiro atoms. The van der Waals surface area contributed by atoms with Crippen molar-refractivity contribution in [1.82, 2.24) is 0 Å². The van der Waals surface area contributed by atoms with E-state index in [1.165, 1.54) is 167 Å². The minimum Gasteiger partial charge on any atom is -0.0654 e. The van der Waals surface area contributed by atoms with Gasteiger partial charge in [-0.25, -0.2) is 0 Å². The zero-order valence-corrected chi connectivity index (χ0v) is 36.5. The van der Waals surface area contributed by atoms with Gasteiger partial charge in [-0.2, -0.15) is 0 Å². The molecule has 1 atom stereocenters. The summed E-state index contributed by atoms with van der Waals surface area (Å²) in [6, 6.07) is 0. The van der Waals surface area contributed by atoms with Crippen LogP contribution in [0.3, 0.4) is 0 Å². The van der Waals surface area contributed by atoms with Crippen LogP contribution in [0.15, 0.2) is 0 Å². The molecular formula is C42H82O7Po. The Labute approximate surface area is 323 Å². The first-order chi connectivity index (χ1) is 24.6. The number of ether oxygens (including phenoxy) is 3. The Balaban J connectivity index is 3.95. The van der Waals surface area contributed by atoms with Crippen LogP contribution in [0.25, 0.3) is 0 Å². The van der Waals surface area contributed by atoms with Crippen LogP contribution in [-0.4, -0.2) is 76.0 Å². The van der Waals surface area contributed by atoms with Crippen LogP contribution in [0.2, 0.25) is 0 Å². The zero-order chi connectivity index (χ0) is 36.4. The van der Waals surface area contributed by atoms with Crippen LogP contribution in [-0.2, 0) is 29.3 Å². The van der Waals surface area contributed by atoms with E-state index in [1.54, 1.807) is 7.11 Å². The molecule has 0 aliphatic heterocycles. The van der Waals surface area contributed by atoms with Gasteiger partial charge in [0.05, 0.1) is 0 Å². The molecule has 0 radical (unpaired) electrons. The van der Waals surface area contributed by atoms with E-state index in [4.69, 9.17) is 19.8 Å². The van der Waals surface area contributed by atoms with E-state index in [9.17, 15) is 9.59 Å². The molecule has 0 saturated carbocycles. The molecule has 0 unspecified atom stereocenters. The molecule has 0 bridgehead atoms. The standard InChI is InChI=1S/C41H79O6.CH3O.Po/c1-3-5-7-9-11-13-15-17-19-21-23-25-27-29-31-33-40(43)46-38-39(37-45-36-35-42)47-41(44)34-32-30-28-26-24-22-20-18-16-14-12-10-8-6-4-2;1-2;/h39H,3-38H2,1-2H3;1H3;/q2*-1;+2/t39-;;/m0../s1. The number of unbranched alkanes of at least 4 members (excludes halogenated alkanes) is 28. The fourth-order valence-electron chi connectivity index (χ4n) is 6.29. The summed E-state index contributed by atoms with van der Waals surface area (Å²) in [5.41, 5.74) is 0. The molecule has 0 aliphatic rings. The van der Waals surface area contributed by atoms with Crippen molar-refractivity contribution in [2.45, 2.75) is 225 Å². The molecule has 0 aromatic heterocycles. The Morgan fingerprint density at radius 3 is 1.20 bits per heavy atom. The molecular weight excluding hydrogens is 825 g/mol. The third-order valence-electron chi connectivity index (χ3n) is 9.43. The molecule has 0 fully saturated rings. The molecule has 0 amide bonds. The molecule has 0 N–H and O–H groups in total. The van der Waals surface area contributed by atoms with Crippen molar-refractivity contribution in [1.29, 1.82) is 0 Å². The van der Waals surface area contributed by atoms with Gasteiger partial charge in [0.15, 0.2) is 0 Å². The van der Waals surface area contributed by atoms with Gasteiger partial charge >= 0.3 is 150 Å². The van der Waals surface area contributed by atoms with Crippen molar-refractivity contribution >= 4 is 36.4 Å². The van der Waals surface area contributed by atoms with Crippen LogP contribution in [0, 0.1) is 0 Å². The second-order valence-electron chi connectivity index (χ2n) is 14.3. The smallest absolute Gasteiger partial charge is 0.0654 e. The van der Waals surface area contributed by atoms with Gasteiger partial charge in [-0.05, 0) is 0 Å². The Morgan fingerprint density at radius 1 is 0.460 bits per heavy atom. The quantitative estimate of drug-likeness (QED) is 0.0446. The van der Waals surface area contributed by atoms with E-state index in [0.29, 0.717) is 26.1 Å². The first-order valence-corrected chi connectivity index (χ1v) is 24.0. The van der Waals surface area contributed by atoms with Gasteiger partial charge in [0, 0.05) is 0 Å². The number of hydrogen-bond donors (Lipinski definition) is 0.